The van der Waals surface area contributed by atoms with Gasteiger partial charge >= 0.3 is 0 Å². The largest absolute Gasteiger partial charge is 0.441 e. The molecule has 6 nitrogen and oxygen atoms in total. The molecule has 0 aliphatic carbocycles. The highest BCUT2D eigenvalue weighted by Crippen LogP contribution is 2.34. The molecular weight excluding hydrogens is 362 g/mol. The molecule has 4 rings (SSSR count). The molecule has 2 fully saturated rings. The van der Waals surface area contributed by atoms with Gasteiger partial charge < -0.3 is 14.1 Å². The van der Waals surface area contributed by atoms with Crippen LogP contribution in [-0.4, -0.2) is 49.3 Å². The third-order valence-corrected chi connectivity index (χ3v) is 5.60. The van der Waals surface area contributed by atoms with E-state index in [9.17, 15) is 4.79 Å². The van der Waals surface area contributed by atoms with Crippen LogP contribution in [0.2, 0.25) is 0 Å². The molecule has 2 saturated heterocycles. The van der Waals surface area contributed by atoms with Crippen LogP contribution in [-0.2, 0) is 9.53 Å². The van der Waals surface area contributed by atoms with Gasteiger partial charge in [0.15, 0.2) is 11.1 Å². The lowest BCUT2D eigenvalue weighted by Crippen LogP contribution is -2.35. The molecule has 1 aromatic heterocycles. The van der Waals surface area contributed by atoms with Gasteiger partial charge in [0, 0.05) is 32.3 Å². The molecular formula is C20H21N3O3S. The highest BCUT2D eigenvalue weighted by Gasteiger charge is 2.31. The van der Waals surface area contributed by atoms with E-state index < -0.39 is 0 Å². The van der Waals surface area contributed by atoms with E-state index in [1.807, 2.05) is 43.3 Å². The molecule has 7 heteroatoms. The lowest BCUT2D eigenvalue weighted by molar-refractivity contribution is -0.121. The molecule has 2 aliphatic rings. The van der Waals surface area contributed by atoms with E-state index in [0.29, 0.717) is 29.0 Å². The standard InChI is InChI=1S/C20H21N3O3S/c1-14-5-3-4-6-16(14)21-20-22(2)19(24)17(27-20)13-15-7-8-18(26-15)23-9-11-25-12-10-23/h3-8,13H,9-12H2,1-2H3/b17-13+,21-20?. The highest BCUT2D eigenvalue weighted by atomic mass is 32.2. The second-order valence-electron chi connectivity index (χ2n) is 6.43. The minimum Gasteiger partial charge on any atom is -0.441 e. The van der Waals surface area contributed by atoms with Gasteiger partial charge in [-0.2, -0.15) is 0 Å². The molecule has 3 heterocycles. The van der Waals surface area contributed by atoms with Crippen molar-refractivity contribution < 1.29 is 13.9 Å². The third-order valence-electron chi connectivity index (χ3n) is 4.54. The number of aryl methyl sites for hydroxylation is 1. The molecule has 27 heavy (non-hydrogen) atoms. The summed E-state index contributed by atoms with van der Waals surface area (Å²) in [4.78, 5) is 21.6. The fourth-order valence-electron chi connectivity index (χ4n) is 2.95. The summed E-state index contributed by atoms with van der Waals surface area (Å²) in [5.41, 5.74) is 1.94. The zero-order chi connectivity index (χ0) is 18.8. The van der Waals surface area contributed by atoms with Crippen LogP contribution in [0.4, 0.5) is 11.6 Å². The molecule has 0 spiro atoms. The van der Waals surface area contributed by atoms with Crippen molar-refractivity contribution in [3.8, 4) is 0 Å². The molecule has 140 valence electrons. The summed E-state index contributed by atoms with van der Waals surface area (Å²) < 4.78 is 11.3. The Kier molecular flexibility index (Phi) is 5.05. The number of ether oxygens (including phenoxy) is 1. The third kappa shape index (κ3) is 3.79. The van der Waals surface area contributed by atoms with E-state index in [1.54, 1.807) is 18.0 Å². The van der Waals surface area contributed by atoms with Gasteiger partial charge in [-0.1, -0.05) is 18.2 Å². The summed E-state index contributed by atoms with van der Waals surface area (Å²) in [6.45, 7) is 5.04. The Morgan fingerprint density at radius 2 is 1.93 bits per heavy atom. The molecule has 0 saturated carbocycles. The SMILES string of the molecule is Cc1ccccc1N=C1S/C(=C/c2ccc(N3CCOCC3)o2)C(=O)N1C. The van der Waals surface area contributed by atoms with Gasteiger partial charge in [0.05, 0.1) is 23.8 Å². The number of rotatable bonds is 3. The maximum atomic E-state index is 12.6. The van der Waals surface area contributed by atoms with Gasteiger partial charge in [0.25, 0.3) is 5.91 Å². The topological polar surface area (TPSA) is 58.3 Å². The second-order valence-corrected chi connectivity index (χ2v) is 7.44. The number of amidine groups is 1. The van der Waals surface area contributed by atoms with Crippen LogP contribution in [0.5, 0.6) is 0 Å². The first-order chi connectivity index (χ1) is 13.1. The number of para-hydroxylation sites is 1. The van der Waals surface area contributed by atoms with Crippen LogP contribution >= 0.6 is 11.8 Å². The first-order valence-electron chi connectivity index (χ1n) is 8.86. The van der Waals surface area contributed by atoms with Crippen molar-refractivity contribution in [2.75, 3.05) is 38.3 Å². The summed E-state index contributed by atoms with van der Waals surface area (Å²) in [6.07, 6.45) is 1.79. The number of anilines is 1. The van der Waals surface area contributed by atoms with Crippen molar-refractivity contribution >= 4 is 40.5 Å². The first kappa shape index (κ1) is 17.9. The Labute approximate surface area is 162 Å². The van der Waals surface area contributed by atoms with Crippen molar-refractivity contribution in [1.82, 2.24) is 4.90 Å². The molecule has 1 aromatic carbocycles. The number of amides is 1. The number of hydrogen-bond acceptors (Lipinski definition) is 6. The number of carbonyl (C=O) groups is 1. The molecule has 0 unspecified atom stereocenters. The van der Waals surface area contributed by atoms with Crippen LogP contribution < -0.4 is 4.90 Å². The van der Waals surface area contributed by atoms with Gasteiger partial charge in [0.2, 0.25) is 0 Å². The van der Waals surface area contributed by atoms with Crippen LogP contribution in [0, 0.1) is 6.92 Å². The Hall–Kier alpha value is -2.51. The van der Waals surface area contributed by atoms with Crippen molar-refractivity contribution in [3.05, 3.63) is 52.6 Å². The summed E-state index contributed by atoms with van der Waals surface area (Å²) in [6, 6.07) is 11.7. The zero-order valence-corrected chi connectivity index (χ0v) is 16.2. The summed E-state index contributed by atoms with van der Waals surface area (Å²) >= 11 is 1.36. The number of aliphatic imine (C=N–C) groups is 1. The summed E-state index contributed by atoms with van der Waals surface area (Å²) in [5.74, 6) is 1.40. The number of benzene rings is 1. The molecule has 2 aromatic rings. The molecule has 1 amide bonds. The quantitative estimate of drug-likeness (QED) is 0.757. The minimum atomic E-state index is -0.0725. The average Bonchev–Trinajstić information content (AvgIpc) is 3.25. The Morgan fingerprint density at radius 1 is 1.15 bits per heavy atom. The highest BCUT2D eigenvalue weighted by molar-refractivity contribution is 8.18. The zero-order valence-electron chi connectivity index (χ0n) is 15.3. The summed E-state index contributed by atoms with van der Waals surface area (Å²) in [7, 11) is 1.74. The Bertz CT molecular complexity index is 913. The van der Waals surface area contributed by atoms with Crippen molar-refractivity contribution in [2.45, 2.75) is 6.92 Å². The second kappa shape index (κ2) is 7.62. The van der Waals surface area contributed by atoms with Gasteiger partial charge in [-0.3, -0.25) is 9.69 Å². The van der Waals surface area contributed by atoms with E-state index in [4.69, 9.17) is 9.15 Å². The fourth-order valence-corrected chi connectivity index (χ4v) is 3.91. The van der Waals surface area contributed by atoms with E-state index in [2.05, 4.69) is 9.89 Å². The molecule has 0 radical (unpaired) electrons. The van der Waals surface area contributed by atoms with Crippen LogP contribution in [0.1, 0.15) is 11.3 Å². The van der Waals surface area contributed by atoms with Crippen LogP contribution in [0.3, 0.4) is 0 Å². The maximum Gasteiger partial charge on any atom is 0.266 e. The van der Waals surface area contributed by atoms with E-state index in [0.717, 1.165) is 30.2 Å². The number of nitrogens with zero attached hydrogens (tertiary/aromatic N) is 3. The van der Waals surface area contributed by atoms with E-state index in [1.165, 1.54) is 11.8 Å². The minimum absolute atomic E-state index is 0.0725. The molecule has 0 N–H and O–H groups in total. The molecule has 2 aliphatic heterocycles. The number of likely N-dealkylation sites (N-methyl/N-ethyl adjacent to an activating group) is 1. The first-order valence-corrected chi connectivity index (χ1v) is 9.68. The lowest BCUT2D eigenvalue weighted by atomic mass is 10.2. The van der Waals surface area contributed by atoms with Crippen molar-refractivity contribution in [2.24, 2.45) is 4.99 Å². The average molecular weight is 383 g/mol. The monoisotopic (exact) mass is 383 g/mol. The Balaban J connectivity index is 1.55. The van der Waals surface area contributed by atoms with Gasteiger partial charge in [-0.05, 0) is 36.4 Å². The number of morpholine rings is 1. The number of thioether (sulfide) groups is 1. The summed E-state index contributed by atoms with van der Waals surface area (Å²) in [5, 5.41) is 0.667. The normalized spacial score (nSPS) is 20.9. The van der Waals surface area contributed by atoms with Gasteiger partial charge in [-0.25, -0.2) is 4.99 Å². The number of hydrogen-bond donors (Lipinski definition) is 0. The predicted molar refractivity (Wildman–Crippen MR) is 108 cm³/mol. The number of furan rings is 1. The predicted octanol–water partition coefficient (Wildman–Crippen LogP) is 3.66. The molecule has 0 atom stereocenters. The number of carbonyl (C=O) groups excluding carboxylic acids is 1. The van der Waals surface area contributed by atoms with Gasteiger partial charge in [0.1, 0.15) is 5.76 Å². The van der Waals surface area contributed by atoms with E-state index in [-0.39, 0.29) is 5.91 Å². The smallest absolute Gasteiger partial charge is 0.266 e. The van der Waals surface area contributed by atoms with Gasteiger partial charge in [-0.15, -0.1) is 0 Å². The van der Waals surface area contributed by atoms with Crippen molar-refractivity contribution in [3.63, 3.8) is 0 Å². The Morgan fingerprint density at radius 3 is 2.70 bits per heavy atom. The van der Waals surface area contributed by atoms with E-state index >= 15 is 0 Å². The maximum absolute atomic E-state index is 12.6. The molecule has 0 bridgehead atoms. The fraction of sp³-hybridized carbons (Fsp3) is 0.300. The lowest BCUT2D eigenvalue weighted by Gasteiger charge is -2.26. The van der Waals surface area contributed by atoms with Crippen LogP contribution in [0.25, 0.3) is 6.08 Å². The van der Waals surface area contributed by atoms with Crippen molar-refractivity contribution in [1.29, 1.82) is 0 Å². The van der Waals surface area contributed by atoms with Crippen LogP contribution in [0.15, 0.2) is 50.7 Å².